The van der Waals surface area contributed by atoms with Crippen molar-refractivity contribution in [2.45, 2.75) is 32.7 Å². The van der Waals surface area contributed by atoms with Gasteiger partial charge in [0.2, 0.25) is 0 Å². The van der Waals surface area contributed by atoms with E-state index >= 15 is 0 Å². The van der Waals surface area contributed by atoms with Gasteiger partial charge in [-0.05, 0) is 69.0 Å². The van der Waals surface area contributed by atoms with E-state index in [1.165, 1.54) is 43.6 Å². The predicted octanol–water partition coefficient (Wildman–Crippen LogP) is 2.10. The summed E-state index contributed by atoms with van der Waals surface area (Å²) >= 11 is 0. The van der Waals surface area contributed by atoms with Crippen LogP contribution in [0.5, 0.6) is 5.75 Å². The fourth-order valence-electron chi connectivity index (χ4n) is 4.85. The summed E-state index contributed by atoms with van der Waals surface area (Å²) in [6, 6.07) is 6.84. The zero-order valence-corrected chi connectivity index (χ0v) is 17.3. The summed E-state index contributed by atoms with van der Waals surface area (Å²) < 4.78 is 5.76. The van der Waals surface area contributed by atoms with Crippen molar-refractivity contribution < 1.29 is 9.53 Å². The second-order valence-corrected chi connectivity index (χ2v) is 8.55. The molecule has 1 atom stereocenters. The van der Waals surface area contributed by atoms with Crippen molar-refractivity contribution in [2.75, 3.05) is 59.0 Å². The number of urea groups is 1. The highest BCUT2D eigenvalue weighted by Crippen LogP contribution is 2.31. The van der Waals surface area contributed by atoms with Crippen molar-refractivity contribution in [1.82, 2.24) is 20.0 Å². The Balaban J connectivity index is 1.16. The molecule has 0 aliphatic carbocycles. The largest absolute Gasteiger partial charge is 0.492 e. The number of hydrogen-bond donors (Lipinski definition) is 1. The van der Waals surface area contributed by atoms with Crippen molar-refractivity contribution in [3.8, 4) is 5.75 Å². The van der Waals surface area contributed by atoms with Crippen molar-refractivity contribution in [3.63, 3.8) is 0 Å². The molecule has 6 heteroatoms. The Labute approximate surface area is 168 Å². The first kappa shape index (κ1) is 19.5. The molecule has 1 unspecified atom stereocenters. The van der Waals surface area contributed by atoms with Gasteiger partial charge in [-0.25, -0.2) is 4.79 Å². The number of benzene rings is 1. The molecule has 154 valence electrons. The van der Waals surface area contributed by atoms with Crippen molar-refractivity contribution >= 4 is 6.03 Å². The second kappa shape index (κ2) is 8.70. The molecular formula is C22H34N4O2. The number of hydrogen-bond acceptors (Lipinski definition) is 4. The number of nitrogens with zero attached hydrogens (tertiary/aromatic N) is 3. The summed E-state index contributed by atoms with van der Waals surface area (Å²) in [6.45, 7) is 12.7. The summed E-state index contributed by atoms with van der Waals surface area (Å²) in [5, 5.41) is 3.01. The fourth-order valence-corrected chi connectivity index (χ4v) is 4.85. The molecule has 4 saturated heterocycles. The van der Waals surface area contributed by atoms with Crippen LogP contribution in [0.15, 0.2) is 18.2 Å². The number of aryl methyl sites for hydroxylation is 2. The molecule has 2 amide bonds. The molecule has 4 aliphatic rings. The Hall–Kier alpha value is -1.79. The SMILES string of the molecule is Cc1ccc(OCCNC(=O)N2CCN(C3CN4CCC3CC4)CC2)cc1C. The normalized spacial score (nSPS) is 27.6. The summed E-state index contributed by atoms with van der Waals surface area (Å²) in [4.78, 5) is 19.6. The molecule has 5 rings (SSSR count). The van der Waals surface area contributed by atoms with Gasteiger partial charge >= 0.3 is 6.03 Å². The lowest BCUT2D eigenvalue weighted by molar-refractivity contribution is -0.0103. The minimum absolute atomic E-state index is 0.0391. The first-order valence-corrected chi connectivity index (χ1v) is 10.8. The van der Waals surface area contributed by atoms with E-state index < -0.39 is 0 Å². The maximum absolute atomic E-state index is 12.5. The quantitative estimate of drug-likeness (QED) is 0.788. The number of piperidine rings is 3. The average Bonchev–Trinajstić information content (AvgIpc) is 2.74. The van der Waals surface area contributed by atoms with Crippen LogP contribution in [0.25, 0.3) is 0 Å². The molecule has 4 heterocycles. The summed E-state index contributed by atoms with van der Waals surface area (Å²) in [6.07, 6.45) is 2.71. The number of carbonyl (C=O) groups excluding carboxylic acids is 1. The van der Waals surface area contributed by atoms with Crippen LogP contribution in [0.1, 0.15) is 24.0 Å². The first-order chi connectivity index (χ1) is 13.6. The van der Waals surface area contributed by atoms with Gasteiger partial charge in [-0.15, -0.1) is 0 Å². The van der Waals surface area contributed by atoms with Gasteiger partial charge < -0.3 is 19.9 Å². The van der Waals surface area contributed by atoms with E-state index in [1.807, 2.05) is 17.0 Å². The highest BCUT2D eigenvalue weighted by molar-refractivity contribution is 5.74. The third-order valence-electron chi connectivity index (χ3n) is 6.82. The van der Waals surface area contributed by atoms with Crippen LogP contribution in [-0.4, -0.2) is 85.7 Å². The van der Waals surface area contributed by atoms with Crippen LogP contribution in [0, 0.1) is 19.8 Å². The Morgan fingerprint density at radius 2 is 1.82 bits per heavy atom. The molecule has 0 saturated carbocycles. The molecule has 1 aromatic carbocycles. The lowest BCUT2D eigenvalue weighted by Gasteiger charge is -2.50. The van der Waals surface area contributed by atoms with Gasteiger partial charge in [0, 0.05) is 38.8 Å². The molecule has 2 bridgehead atoms. The summed E-state index contributed by atoms with van der Waals surface area (Å²) in [5.74, 6) is 1.73. The number of carbonyl (C=O) groups is 1. The van der Waals surface area contributed by atoms with E-state index in [4.69, 9.17) is 4.74 Å². The molecule has 1 aromatic rings. The zero-order chi connectivity index (χ0) is 19.5. The molecule has 1 N–H and O–H groups in total. The molecule has 4 aliphatic heterocycles. The van der Waals surface area contributed by atoms with Crippen LogP contribution >= 0.6 is 0 Å². The van der Waals surface area contributed by atoms with Gasteiger partial charge in [-0.2, -0.15) is 0 Å². The number of nitrogens with one attached hydrogen (secondary N) is 1. The lowest BCUT2D eigenvalue weighted by atomic mass is 9.83. The fraction of sp³-hybridized carbons (Fsp3) is 0.682. The van der Waals surface area contributed by atoms with Gasteiger partial charge in [0.25, 0.3) is 0 Å². The molecular weight excluding hydrogens is 352 g/mol. The molecule has 0 radical (unpaired) electrons. The first-order valence-electron chi connectivity index (χ1n) is 10.8. The third kappa shape index (κ3) is 4.44. The second-order valence-electron chi connectivity index (χ2n) is 8.55. The maximum Gasteiger partial charge on any atom is 0.317 e. The standard InChI is InChI=1S/C22H34N4O2/c1-17-3-4-20(15-18(17)2)28-14-7-23-22(27)26-12-10-25(11-13-26)21-16-24-8-5-19(21)6-9-24/h3-4,15,19,21H,5-14,16H2,1-2H3,(H,23,27). The third-order valence-corrected chi connectivity index (χ3v) is 6.82. The minimum atomic E-state index is 0.0391. The smallest absolute Gasteiger partial charge is 0.317 e. The van der Waals surface area contributed by atoms with Gasteiger partial charge in [0.15, 0.2) is 0 Å². The molecule has 4 fully saturated rings. The number of piperazine rings is 1. The Bertz CT molecular complexity index is 679. The molecule has 28 heavy (non-hydrogen) atoms. The minimum Gasteiger partial charge on any atom is -0.492 e. The monoisotopic (exact) mass is 386 g/mol. The van der Waals surface area contributed by atoms with Crippen molar-refractivity contribution in [3.05, 3.63) is 29.3 Å². The predicted molar refractivity (Wildman–Crippen MR) is 111 cm³/mol. The molecule has 0 spiro atoms. The summed E-state index contributed by atoms with van der Waals surface area (Å²) in [5.41, 5.74) is 2.49. The highest BCUT2D eigenvalue weighted by Gasteiger charge is 2.38. The van der Waals surface area contributed by atoms with Gasteiger partial charge in [0.05, 0.1) is 6.54 Å². The van der Waals surface area contributed by atoms with Crippen molar-refractivity contribution in [1.29, 1.82) is 0 Å². The highest BCUT2D eigenvalue weighted by atomic mass is 16.5. The van der Waals surface area contributed by atoms with E-state index in [0.29, 0.717) is 19.2 Å². The van der Waals surface area contributed by atoms with E-state index in [1.54, 1.807) is 0 Å². The number of fused-ring (bicyclic) bond motifs is 3. The molecule has 0 aromatic heterocycles. The van der Waals surface area contributed by atoms with Gasteiger partial charge in [-0.1, -0.05) is 6.07 Å². The van der Waals surface area contributed by atoms with Gasteiger partial charge in [-0.3, -0.25) is 4.90 Å². The van der Waals surface area contributed by atoms with Crippen LogP contribution in [0.4, 0.5) is 4.79 Å². The Morgan fingerprint density at radius 1 is 1.07 bits per heavy atom. The Kier molecular flexibility index (Phi) is 6.07. The Morgan fingerprint density at radius 3 is 2.46 bits per heavy atom. The van der Waals surface area contributed by atoms with E-state index in [2.05, 4.69) is 35.0 Å². The van der Waals surface area contributed by atoms with E-state index in [0.717, 1.165) is 37.8 Å². The van der Waals surface area contributed by atoms with Crippen LogP contribution in [0.2, 0.25) is 0 Å². The van der Waals surface area contributed by atoms with Crippen LogP contribution in [0.3, 0.4) is 0 Å². The maximum atomic E-state index is 12.5. The van der Waals surface area contributed by atoms with Crippen LogP contribution < -0.4 is 10.1 Å². The number of ether oxygens (including phenoxy) is 1. The van der Waals surface area contributed by atoms with Crippen LogP contribution in [-0.2, 0) is 0 Å². The van der Waals surface area contributed by atoms with Crippen molar-refractivity contribution in [2.24, 2.45) is 5.92 Å². The average molecular weight is 387 g/mol. The van der Waals surface area contributed by atoms with E-state index in [9.17, 15) is 4.79 Å². The lowest BCUT2D eigenvalue weighted by Crippen LogP contribution is -2.62. The number of amides is 2. The van der Waals surface area contributed by atoms with Gasteiger partial charge in [0.1, 0.15) is 12.4 Å². The number of rotatable bonds is 5. The molecule has 6 nitrogen and oxygen atoms in total. The zero-order valence-electron chi connectivity index (χ0n) is 17.3. The van der Waals surface area contributed by atoms with E-state index in [-0.39, 0.29) is 6.03 Å². The topological polar surface area (TPSA) is 48.1 Å². The summed E-state index contributed by atoms with van der Waals surface area (Å²) in [7, 11) is 0.